The summed E-state index contributed by atoms with van der Waals surface area (Å²) in [6, 6.07) is 15.0. The van der Waals surface area contributed by atoms with Crippen LogP contribution in [0, 0.1) is 0 Å². The van der Waals surface area contributed by atoms with E-state index in [2.05, 4.69) is 5.32 Å². The van der Waals surface area contributed by atoms with Crippen molar-refractivity contribution in [1.29, 1.82) is 0 Å². The Morgan fingerprint density at radius 3 is 2.38 bits per heavy atom. The molecule has 0 aliphatic heterocycles. The van der Waals surface area contributed by atoms with Crippen molar-refractivity contribution in [2.45, 2.75) is 12.7 Å². The van der Waals surface area contributed by atoms with Gasteiger partial charge in [-0.1, -0.05) is 53.5 Å². The molecule has 1 atom stereocenters. The first kappa shape index (κ1) is 16.1. The number of hydrogen-bond acceptors (Lipinski definition) is 3. The van der Waals surface area contributed by atoms with E-state index in [1.54, 1.807) is 18.2 Å². The van der Waals surface area contributed by atoms with Crippen molar-refractivity contribution in [2.75, 3.05) is 18.5 Å². The lowest BCUT2D eigenvalue weighted by atomic mass is 10.2. The highest BCUT2D eigenvalue weighted by atomic mass is 35.5. The van der Waals surface area contributed by atoms with Crippen LogP contribution in [-0.4, -0.2) is 24.4 Å². The highest BCUT2D eigenvalue weighted by Crippen LogP contribution is 2.22. The molecule has 2 aromatic rings. The predicted octanol–water partition coefficient (Wildman–Crippen LogP) is 3.98. The largest absolute Gasteiger partial charge is 0.389 e. The normalized spacial score (nSPS) is 12.1. The molecule has 0 radical (unpaired) electrons. The lowest BCUT2D eigenvalue weighted by molar-refractivity contribution is 0.0348. The zero-order valence-electron chi connectivity index (χ0n) is 11.4. The number of rotatable bonds is 7. The second kappa shape index (κ2) is 8.25. The first-order valence-electron chi connectivity index (χ1n) is 6.63. The zero-order chi connectivity index (χ0) is 15.1. The van der Waals surface area contributed by atoms with Gasteiger partial charge in [-0.3, -0.25) is 0 Å². The third-order valence-electron chi connectivity index (χ3n) is 2.83. The summed E-state index contributed by atoms with van der Waals surface area (Å²) in [6.45, 7) is 1.11. The number of aliphatic hydroxyl groups is 1. The van der Waals surface area contributed by atoms with E-state index in [4.69, 9.17) is 27.9 Å². The van der Waals surface area contributed by atoms with Crippen molar-refractivity contribution >= 4 is 28.9 Å². The highest BCUT2D eigenvalue weighted by Gasteiger charge is 2.05. The second-order valence-corrected chi connectivity index (χ2v) is 5.57. The average molecular weight is 326 g/mol. The van der Waals surface area contributed by atoms with Crippen LogP contribution in [0.1, 0.15) is 5.56 Å². The van der Waals surface area contributed by atoms with Crippen molar-refractivity contribution in [2.24, 2.45) is 0 Å². The van der Waals surface area contributed by atoms with Crippen LogP contribution < -0.4 is 5.32 Å². The lowest BCUT2D eigenvalue weighted by Crippen LogP contribution is -2.24. The molecule has 0 aliphatic rings. The Bertz CT molecular complexity index is 543. The van der Waals surface area contributed by atoms with Crippen LogP contribution in [0.2, 0.25) is 10.0 Å². The highest BCUT2D eigenvalue weighted by molar-refractivity contribution is 6.35. The van der Waals surface area contributed by atoms with Gasteiger partial charge in [-0.15, -0.1) is 0 Å². The summed E-state index contributed by atoms with van der Waals surface area (Å²) >= 11 is 11.8. The molecule has 0 bridgehead atoms. The molecule has 5 heteroatoms. The van der Waals surface area contributed by atoms with Crippen molar-refractivity contribution in [3.63, 3.8) is 0 Å². The monoisotopic (exact) mass is 325 g/mol. The standard InChI is InChI=1S/C16H17Cl2NO2/c17-13-6-14(18)8-15(7-13)19-9-16(20)11-21-10-12-4-2-1-3-5-12/h1-8,16,19-20H,9-11H2. The maximum Gasteiger partial charge on any atom is 0.0945 e. The number of benzene rings is 2. The Morgan fingerprint density at radius 1 is 1.05 bits per heavy atom. The van der Waals surface area contributed by atoms with Gasteiger partial charge in [-0.2, -0.15) is 0 Å². The van der Waals surface area contributed by atoms with Gasteiger partial charge in [0.25, 0.3) is 0 Å². The minimum absolute atomic E-state index is 0.260. The van der Waals surface area contributed by atoms with Gasteiger partial charge in [0.05, 0.1) is 19.3 Å². The van der Waals surface area contributed by atoms with Crippen LogP contribution in [0.25, 0.3) is 0 Å². The third kappa shape index (κ3) is 5.94. The Balaban J connectivity index is 1.71. The molecule has 0 spiro atoms. The summed E-state index contributed by atoms with van der Waals surface area (Å²) in [5, 5.41) is 14.1. The number of anilines is 1. The van der Waals surface area contributed by atoms with Crippen molar-refractivity contribution in [3.05, 3.63) is 64.1 Å². The van der Waals surface area contributed by atoms with Crippen LogP contribution in [0.5, 0.6) is 0 Å². The summed E-state index contributed by atoms with van der Waals surface area (Å²) in [7, 11) is 0. The van der Waals surface area contributed by atoms with E-state index in [0.717, 1.165) is 11.3 Å². The number of ether oxygens (including phenoxy) is 1. The van der Waals surface area contributed by atoms with E-state index in [9.17, 15) is 5.11 Å². The Kier molecular flexibility index (Phi) is 6.33. The van der Waals surface area contributed by atoms with E-state index >= 15 is 0 Å². The third-order valence-corrected chi connectivity index (χ3v) is 3.26. The molecule has 0 heterocycles. The minimum Gasteiger partial charge on any atom is -0.389 e. The van der Waals surface area contributed by atoms with E-state index < -0.39 is 6.10 Å². The van der Waals surface area contributed by atoms with E-state index in [1.807, 2.05) is 30.3 Å². The number of nitrogens with one attached hydrogen (secondary N) is 1. The molecule has 2 aromatic carbocycles. The summed E-state index contributed by atoms with van der Waals surface area (Å²) in [4.78, 5) is 0. The van der Waals surface area contributed by atoms with Crippen molar-refractivity contribution in [3.8, 4) is 0 Å². The number of halogens is 2. The van der Waals surface area contributed by atoms with E-state index in [-0.39, 0.29) is 6.61 Å². The molecular weight excluding hydrogens is 309 g/mol. The van der Waals surface area contributed by atoms with Crippen LogP contribution >= 0.6 is 23.2 Å². The molecular formula is C16H17Cl2NO2. The molecule has 0 amide bonds. The fourth-order valence-corrected chi connectivity index (χ4v) is 2.36. The van der Waals surface area contributed by atoms with Crippen LogP contribution in [0.3, 0.4) is 0 Å². The predicted molar refractivity (Wildman–Crippen MR) is 87.1 cm³/mol. The van der Waals surface area contributed by atoms with Crippen LogP contribution in [-0.2, 0) is 11.3 Å². The molecule has 1 unspecified atom stereocenters. The summed E-state index contributed by atoms with van der Waals surface area (Å²) in [6.07, 6.45) is -0.605. The summed E-state index contributed by atoms with van der Waals surface area (Å²) < 4.78 is 5.48. The fourth-order valence-electron chi connectivity index (χ4n) is 1.84. The molecule has 0 saturated carbocycles. The van der Waals surface area contributed by atoms with Gasteiger partial charge in [0.2, 0.25) is 0 Å². The Morgan fingerprint density at radius 2 is 1.71 bits per heavy atom. The first-order chi connectivity index (χ1) is 10.1. The van der Waals surface area contributed by atoms with Gasteiger partial charge < -0.3 is 15.2 Å². The van der Waals surface area contributed by atoms with Crippen LogP contribution in [0.15, 0.2) is 48.5 Å². The molecule has 21 heavy (non-hydrogen) atoms. The molecule has 112 valence electrons. The quantitative estimate of drug-likeness (QED) is 0.808. The van der Waals surface area contributed by atoms with Gasteiger partial charge in [0.1, 0.15) is 0 Å². The van der Waals surface area contributed by atoms with Crippen molar-refractivity contribution in [1.82, 2.24) is 0 Å². The van der Waals surface area contributed by atoms with Crippen molar-refractivity contribution < 1.29 is 9.84 Å². The molecule has 3 nitrogen and oxygen atoms in total. The molecule has 2 N–H and O–H groups in total. The Labute approximate surface area is 134 Å². The zero-order valence-corrected chi connectivity index (χ0v) is 12.9. The second-order valence-electron chi connectivity index (χ2n) is 4.69. The lowest BCUT2D eigenvalue weighted by Gasteiger charge is -2.13. The molecule has 2 rings (SSSR count). The smallest absolute Gasteiger partial charge is 0.0945 e. The van der Waals surface area contributed by atoms with Gasteiger partial charge in [0, 0.05) is 22.3 Å². The Hall–Kier alpha value is -1.26. The SMILES string of the molecule is OC(CNc1cc(Cl)cc(Cl)c1)COCc1ccccc1. The maximum atomic E-state index is 9.87. The maximum absolute atomic E-state index is 9.87. The van der Waals surface area contributed by atoms with Crippen LogP contribution in [0.4, 0.5) is 5.69 Å². The van der Waals surface area contributed by atoms with Gasteiger partial charge in [0.15, 0.2) is 0 Å². The number of hydrogen-bond donors (Lipinski definition) is 2. The summed E-state index contributed by atoms with van der Waals surface area (Å²) in [5.74, 6) is 0. The minimum atomic E-state index is -0.605. The summed E-state index contributed by atoms with van der Waals surface area (Å²) in [5.41, 5.74) is 1.86. The molecule has 0 fully saturated rings. The molecule has 0 aromatic heterocycles. The number of aliphatic hydroxyl groups excluding tert-OH is 1. The molecule has 0 saturated heterocycles. The fraction of sp³-hybridized carbons (Fsp3) is 0.250. The van der Waals surface area contributed by atoms with Gasteiger partial charge >= 0.3 is 0 Å². The van der Waals surface area contributed by atoms with E-state index in [0.29, 0.717) is 23.2 Å². The topological polar surface area (TPSA) is 41.5 Å². The van der Waals surface area contributed by atoms with Gasteiger partial charge in [-0.25, -0.2) is 0 Å². The first-order valence-corrected chi connectivity index (χ1v) is 7.39. The average Bonchev–Trinajstić information content (AvgIpc) is 2.45. The molecule has 0 aliphatic carbocycles. The van der Waals surface area contributed by atoms with Gasteiger partial charge in [-0.05, 0) is 23.8 Å². The van der Waals surface area contributed by atoms with E-state index in [1.165, 1.54) is 0 Å².